The molecule has 1 fully saturated rings. The van der Waals surface area contributed by atoms with Crippen LogP contribution in [0.15, 0.2) is 0 Å². The minimum Gasteiger partial charge on any atom is -0.480 e. The second kappa shape index (κ2) is 2.91. The Hall–Kier alpha value is -0.810. The van der Waals surface area contributed by atoms with Gasteiger partial charge in [-0.25, -0.2) is 4.79 Å². The van der Waals surface area contributed by atoms with Crippen molar-refractivity contribution in [3.63, 3.8) is 0 Å². The number of halogens is 1. The summed E-state index contributed by atoms with van der Waals surface area (Å²) in [5, 5.41) is 10.8. The Balaban J connectivity index is 2.75. The summed E-state index contributed by atoms with van der Waals surface area (Å²) in [4.78, 5) is 21.5. The normalized spacial score (nSPS) is 34.8. The fourth-order valence-electron chi connectivity index (χ4n) is 1.07. The van der Waals surface area contributed by atoms with E-state index in [-0.39, 0.29) is 12.3 Å². The molecule has 2 atom stereocenters. The summed E-state index contributed by atoms with van der Waals surface area (Å²) in [5.41, 5.74) is 4.31. The van der Waals surface area contributed by atoms with E-state index in [1.165, 1.54) is 0 Å². The van der Waals surface area contributed by atoms with Crippen LogP contribution < -0.4 is 11.1 Å². The van der Waals surface area contributed by atoms with E-state index in [2.05, 4.69) is 5.32 Å². The van der Waals surface area contributed by atoms with E-state index in [0.29, 0.717) is 0 Å². The van der Waals surface area contributed by atoms with E-state index in [1.807, 2.05) is 0 Å². The third-order valence-electron chi connectivity index (χ3n) is 1.86. The predicted molar refractivity (Wildman–Crippen MR) is 41.8 cm³/mol. The zero-order valence-electron chi connectivity index (χ0n) is 6.21. The van der Waals surface area contributed by atoms with Gasteiger partial charge in [0.25, 0.3) is 0 Å². The summed E-state index contributed by atoms with van der Waals surface area (Å²) in [5.74, 6) is -1.64. The maximum absolute atomic E-state index is 11.1. The molecule has 2 unspecified atom stereocenters. The fraction of sp³-hybridized carbons (Fsp3) is 0.667. The van der Waals surface area contributed by atoms with Crippen molar-refractivity contribution in [3.8, 4) is 0 Å². The molecule has 0 aromatic heterocycles. The van der Waals surface area contributed by atoms with Crippen LogP contribution in [0.2, 0.25) is 0 Å². The third-order valence-corrected chi connectivity index (χ3v) is 2.34. The van der Waals surface area contributed by atoms with E-state index >= 15 is 0 Å². The van der Waals surface area contributed by atoms with Gasteiger partial charge in [-0.3, -0.25) is 4.79 Å². The second-order valence-corrected chi connectivity index (χ2v) is 3.13. The van der Waals surface area contributed by atoms with Crippen LogP contribution in [0.5, 0.6) is 0 Å². The van der Waals surface area contributed by atoms with Crippen molar-refractivity contribution in [3.05, 3.63) is 0 Å². The average Bonchev–Trinajstić information content (AvgIpc) is 2.30. The highest BCUT2D eigenvalue weighted by atomic mass is 35.5. The Kier molecular flexibility index (Phi) is 2.25. The van der Waals surface area contributed by atoms with E-state index < -0.39 is 23.5 Å². The number of nitrogens with two attached hydrogens (primary N) is 1. The van der Waals surface area contributed by atoms with Gasteiger partial charge in [0.05, 0.1) is 0 Å². The molecule has 0 radical (unpaired) electrons. The Labute approximate surface area is 73.9 Å². The van der Waals surface area contributed by atoms with Gasteiger partial charge in [-0.05, 0) is 0 Å². The molecule has 1 amide bonds. The largest absolute Gasteiger partial charge is 0.480 e. The number of carboxylic acids is 1. The van der Waals surface area contributed by atoms with Gasteiger partial charge in [-0.15, -0.1) is 11.6 Å². The van der Waals surface area contributed by atoms with E-state index in [0.717, 1.165) is 0 Å². The number of nitrogens with one attached hydrogen (secondary N) is 1. The molecule has 5 nitrogen and oxygen atoms in total. The van der Waals surface area contributed by atoms with Crippen LogP contribution >= 0.6 is 11.6 Å². The Morgan fingerprint density at radius 2 is 2.50 bits per heavy atom. The summed E-state index contributed by atoms with van der Waals surface area (Å²) in [6.07, 6.45) is 0.0463. The fourth-order valence-corrected chi connectivity index (χ4v) is 1.30. The maximum Gasteiger partial charge on any atom is 0.326 e. The van der Waals surface area contributed by atoms with Gasteiger partial charge in [0.1, 0.15) is 11.6 Å². The number of carbonyl (C=O) groups excluding carboxylic acids is 1. The average molecular weight is 193 g/mol. The molecule has 1 rings (SSSR count). The number of alkyl halides is 1. The van der Waals surface area contributed by atoms with E-state index in [1.54, 1.807) is 0 Å². The topological polar surface area (TPSA) is 92.4 Å². The molecule has 68 valence electrons. The second-order valence-electron chi connectivity index (χ2n) is 2.86. The summed E-state index contributed by atoms with van der Waals surface area (Å²) in [6.45, 7) is 0. The standard InChI is InChI=1S/C6H9ClN2O3/c7-2-6(8)1-3(4(10)11)9-5(6)12/h3H,1-2,8H2,(H,9,12)(H,10,11). The van der Waals surface area contributed by atoms with Gasteiger partial charge in [0, 0.05) is 12.3 Å². The van der Waals surface area contributed by atoms with E-state index in [4.69, 9.17) is 22.4 Å². The van der Waals surface area contributed by atoms with Crippen molar-refractivity contribution >= 4 is 23.5 Å². The summed E-state index contributed by atoms with van der Waals surface area (Å²) >= 11 is 5.44. The number of hydrogen-bond acceptors (Lipinski definition) is 3. The molecule has 1 heterocycles. The summed E-state index contributed by atoms with van der Waals surface area (Å²) in [7, 11) is 0. The molecule has 0 bridgehead atoms. The van der Waals surface area contributed by atoms with Crippen molar-refractivity contribution in [1.29, 1.82) is 0 Å². The number of amides is 1. The first-order chi connectivity index (χ1) is 5.49. The number of hydrogen-bond donors (Lipinski definition) is 3. The van der Waals surface area contributed by atoms with Crippen LogP contribution in [0, 0.1) is 0 Å². The van der Waals surface area contributed by atoms with Crippen LogP contribution in [0.3, 0.4) is 0 Å². The van der Waals surface area contributed by atoms with Crippen LogP contribution in [0.1, 0.15) is 6.42 Å². The molecular formula is C6H9ClN2O3. The predicted octanol–water partition coefficient (Wildman–Crippen LogP) is -1.10. The highest BCUT2D eigenvalue weighted by Crippen LogP contribution is 2.19. The zero-order valence-corrected chi connectivity index (χ0v) is 6.97. The lowest BCUT2D eigenvalue weighted by Gasteiger charge is -2.15. The molecule has 0 aromatic rings. The van der Waals surface area contributed by atoms with Gasteiger partial charge in [-0.1, -0.05) is 0 Å². The van der Waals surface area contributed by atoms with Crippen LogP contribution in [0.4, 0.5) is 0 Å². The van der Waals surface area contributed by atoms with Crippen LogP contribution in [-0.4, -0.2) is 34.4 Å². The summed E-state index contributed by atoms with van der Waals surface area (Å²) in [6, 6.07) is -0.902. The lowest BCUT2D eigenvalue weighted by Crippen LogP contribution is -2.48. The number of rotatable bonds is 2. The molecule has 1 saturated heterocycles. The highest BCUT2D eigenvalue weighted by molar-refractivity contribution is 6.21. The SMILES string of the molecule is NC1(CCl)CC(C(=O)O)NC1=O. The molecule has 0 aromatic carbocycles. The minimum absolute atomic E-state index is 0.0463. The van der Waals surface area contributed by atoms with Crippen molar-refractivity contribution in [1.82, 2.24) is 5.32 Å². The molecule has 1 aliphatic heterocycles. The van der Waals surface area contributed by atoms with Crippen molar-refractivity contribution in [2.45, 2.75) is 18.0 Å². The molecule has 1 aliphatic rings. The number of aliphatic carboxylic acids is 1. The third kappa shape index (κ3) is 1.37. The van der Waals surface area contributed by atoms with Crippen LogP contribution in [-0.2, 0) is 9.59 Å². The van der Waals surface area contributed by atoms with Gasteiger partial charge < -0.3 is 16.2 Å². The van der Waals surface area contributed by atoms with Crippen molar-refractivity contribution < 1.29 is 14.7 Å². The zero-order chi connectivity index (χ0) is 9.35. The Bertz CT molecular complexity index is 233. The molecule has 6 heteroatoms. The monoisotopic (exact) mass is 192 g/mol. The number of carbonyl (C=O) groups is 2. The first-order valence-electron chi connectivity index (χ1n) is 3.38. The van der Waals surface area contributed by atoms with Crippen LogP contribution in [0.25, 0.3) is 0 Å². The molecule has 0 saturated carbocycles. The first kappa shape index (κ1) is 9.28. The Morgan fingerprint density at radius 1 is 1.92 bits per heavy atom. The van der Waals surface area contributed by atoms with Gasteiger partial charge >= 0.3 is 5.97 Å². The van der Waals surface area contributed by atoms with Gasteiger partial charge in [0.15, 0.2) is 0 Å². The molecule has 0 spiro atoms. The lowest BCUT2D eigenvalue weighted by atomic mass is 9.99. The summed E-state index contributed by atoms with van der Waals surface area (Å²) < 4.78 is 0. The first-order valence-corrected chi connectivity index (χ1v) is 3.92. The quantitative estimate of drug-likeness (QED) is 0.484. The number of carboxylic acid groups (broad SMARTS) is 1. The van der Waals surface area contributed by atoms with Gasteiger partial charge in [-0.2, -0.15) is 0 Å². The molecule has 0 aliphatic carbocycles. The maximum atomic E-state index is 11.1. The molecule has 4 N–H and O–H groups in total. The van der Waals surface area contributed by atoms with Crippen molar-refractivity contribution in [2.24, 2.45) is 5.73 Å². The molecule has 12 heavy (non-hydrogen) atoms. The minimum atomic E-state index is -1.22. The van der Waals surface area contributed by atoms with Gasteiger partial charge in [0.2, 0.25) is 5.91 Å². The van der Waals surface area contributed by atoms with Crippen molar-refractivity contribution in [2.75, 3.05) is 5.88 Å². The smallest absolute Gasteiger partial charge is 0.326 e. The lowest BCUT2D eigenvalue weighted by molar-refractivity contribution is -0.140. The van der Waals surface area contributed by atoms with E-state index in [9.17, 15) is 9.59 Å². The molecular weight excluding hydrogens is 184 g/mol. The Morgan fingerprint density at radius 3 is 2.75 bits per heavy atom. The highest BCUT2D eigenvalue weighted by Gasteiger charge is 2.45.